The van der Waals surface area contributed by atoms with E-state index in [4.69, 9.17) is 10.5 Å². The molecule has 3 aliphatic rings. The number of nitrogens with zero attached hydrogens (tertiary/aromatic N) is 1. The summed E-state index contributed by atoms with van der Waals surface area (Å²) in [7, 11) is 0. The first-order chi connectivity index (χ1) is 12.6. The van der Waals surface area contributed by atoms with Gasteiger partial charge in [0.1, 0.15) is 0 Å². The molecule has 2 fully saturated rings. The average molecular weight is 405 g/mol. The highest BCUT2D eigenvalue weighted by atomic mass is 35.5. The highest BCUT2D eigenvalue weighted by Gasteiger charge is 2.50. The summed E-state index contributed by atoms with van der Waals surface area (Å²) < 4.78 is 6.35. The molecule has 1 saturated carbocycles. The topological polar surface area (TPSA) is 55.6 Å². The van der Waals surface area contributed by atoms with Gasteiger partial charge in [0.05, 0.1) is 17.7 Å². The Hall–Kier alpha value is -1.40. The van der Waals surface area contributed by atoms with E-state index in [0.717, 1.165) is 51.8 Å². The largest absolute Gasteiger partial charge is 0.370 e. The van der Waals surface area contributed by atoms with Gasteiger partial charge in [-0.05, 0) is 42.9 Å². The molecule has 1 aromatic carbocycles. The van der Waals surface area contributed by atoms with Gasteiger partial charge in [-0.15, -0.1) is 23.7 Å². The molecule has 1 saturated heterocycles. The molecule has 4 nitrogen and oxygen atoms in total. The van der Waals surface area contributed by atoms with Crippen molar-refractivity contribution < 1.29 is 9.53 Å². The number of halogens is 1. The van der Waals surface area contributed by atoms with Gasteiger partial charge in [-0.25, -0.2) is 0 Å². The number of fused-ring (bicyclic) bond motifs is 2. The number of nitrogens with two attached hydrogens (primary N) is 1. The van der Waals surface area contributed by atoms with Crippen LogP contribution in [-0.2, 0) is 21.6 Å². The Labute approximate surface area is 170 Å². The number of amides is 1. The predicted octanol–water partition coefficient (Wildman–Crippen LogP) is 3.72. The molecule has 2 aliphatic heterocycles. The van der Waals surface area contributed by atoms with Gasteiger partial charge in [-0.1, -0.05) is 30.3 Å². The molecular formula is C21H25ClN2O2S. The molecule has 6 heteroatoms. The molecule has 1 aliphatic carbocycles. The molecule has 0 unspecified atom stereocenters. The fourth-order valence-corrected chi connectivity index (χ4v) is 5.55. The smallest absolute Gasteiger partial charge is 0.242 e. The monoisotopic (exact) mass is 404 g/mol. The molecule has 2 aromatic rings. The minimum atomic E-state index is -0.564. The van der Waals surface area contributed by atoms with Crippen molar-refractivity contribution >= 4 is 29.7 Å². The molecule has 1 amide bonds. The number of carbonyl (C=O) groups is 1. The summed E-state index contributed by atoms with van der Waals surface area (Å²) in [6, 6.07) is 12.9. The lowest BCUT2D eigenvalue weighted by Gasteiger charge is -2.44. The van der Waals surface area contributed by atoms with E-state index < -0.39 is 5.54 Å². The van der Waals surface area contributed by atoms with Crippen molar-refractivity contribution in [1.29, 1.82) is 0 Å². The summed E-state index contributed by atoms with van der Waals surface area (Å²) in [4.78, 5) is 17.3. The van der Waals surface area contributed by atoms with E-state index in [1.807, 2.05) is 16.2 Å². The lowest BCUT2D eigenvalue weighted by atomic mass is 9.82. The lowest BCUT2D eigenvalue weighted by molar-refractivity contribution is -0.142. The molecular weight excluding hydrogens is 380 g/mol. The van der Waals surface area contributed by atoms with E-state index in [0.29, 0.717) is 0 Å². The van der Waals surface area contributed by atoms with E-state index in [1.165, 1.54) is 20.9 Å². The Bertz CT molecular complexity index is 839. The second-order valence-electron chi connectivity index (χ2n) is 7.85. The van der Waals surface area contributed by atoms with Gasteiger partial charge in [0.25, 0.3) is 0 Å². The van der Waals surface area contributed by atoms with Crippen molar-refractivity contribution in [2.75, 3.05) is 19.7 Å². The number of piperidine rings is 1. The highest BCUT2D eigenvalue weighted by Crippen LogP contribution is 2.47. The van der Waals surface area contributed by atoms with Crippen LogP contribution in [0.15, 0.2) is 36.4 Å². The van der Waals surface area contributed by atoms with Crippen LogP contribution in [0.2, 0.25) is 0 Å². The molecule has 3 heterocycles. The SMILES string of the molecule is Cl.NC1(C(=O)N2CCC3(CC2)OCCc2sc(-c4ccccc4)cc23)CC1. The normalized spacial score (nSPS) is 22.0. The summed E-state index contributed by atoms with van der Waals surface area (Å²) >= 11 is 1.90. The van der Waals surface area contributed by atoms with Gasteiger partial charge in [-0.2, -0.15) is 0 Å². The number of rotatable bonds is 2. The van der Waals surface area contributed by atoms with E-state index in [1.54, 1.807) is 0 Å². The van der Waals surface area contributed by atoms with E-state index in [-0.39, 0.29) is 23.9 Å². The van der Waals surface area contributed by atoms with Crippen molar-refractivity contribution in [3.05, 3.63) is 46.8 Å². The molecule has 0 bridgehead atoms. The summed E-state index contributed by atoms with van der Waals surface area (Å²) in [6.45, 7) is 2.26. The highest BCUT2D eigenvalue weighted by molar-refractivity contribution is 7.15. The first-order valence-electron chi connectivity index (χ1n) is 9.51. The molecule has 27 heavy (non-hydrogen) atoms. The van der Waals surface area contributed by atoms with Gasteiger partial charge in [0, 0.05) is 29.3 Å². The van der Waals surface area contributed by atoms with Crippen LogP contribution in [-0.4, -0.2) is 36.0 Å². The molecule has 1 spiro atoms. The maximum absolute atomic E-state index is 12.6. The number of hydrogen-bond acceptors (Lipinski definition) is 4. The summed E-state index contributed by atoms with van der Waals surface area (Å²) in [5, 5.41) is 0. The van der Waals surface area contributed by atoms with Crippen molar-refractivity contribution in [3.63, 3.8) is 0 Å². The third kappa shape index (κ3) is 3.21. The first kappa shape index (κ1) is 18.9. The molecule has 144 valence electrons. The first-order valence-corrected chi connectivity index (χ1v) is 10.3. The maximum Gasteiger partial charge on any atom is 0.242 e. The van der Waals surface area contributed by atoms with E-state index >= 15 is 0 Å². The van der Waals surface area contributed by atoms with Gasteiger partial charge in [0.2, 0.25) is 5.91 Å². The third-order valence-electron chi connectivity index (χ3n) is 6.14. The Morgan fingerprint density at radius 3 is 2.48 bits per heavy atom. The van der Waals surface area contributed by atoms with Gasteiger partial charge in [0.15, 0.2) is 0 Å². The zero-order valence-electron chi connectivity index (χ0n) is 15.3. The van der Waals surface area contributed by atoms with Gasteiger partial charge < -0.3 is 15.4 Å². The second kappa shape index (κ2) is 6.89. The van der Waals surface area contributed by atoms with Crippen LogP contribution in [0, 0.1) is 0 Å². The zero-order chi connectivity index (χ0) is 17.8. The Morgan fingerprint density at radius 1 is 1.11 bits per heavy atom. The summed E-state index contributed by atoms with van der Waals surface area (Å²) in [6.07, 6.45) is 4.39. The minimum Gasteiger partial charge on any atom is -0.370 e. The van der Waals surface area contributed by atoms with Crippen LogP contribution in [0.3, 0.4) is 0 Å². The number of likely N-dealkylation sites (tertiary alicyclic amines) is 1. The number of thiophene rings is 1. The van der Waals surface area contributed by atoms with Crippen LogP contribution >= 0.6 is 23.7 Å². The van der Waals surface area contributed by atoms with Crippen LogP contribution in [0.25, 0.3) is 10.4 Å². The predicted molar refractivity (Wildman–Crippen MR) is 110 cm³/mol. The standard InChI is InChI=1S/C21H24N2O2S.ClH/c22-20(7-8-20)19(24)23-11-9-21(10-12-23)16-14-18(15-4-2-1-3-5-15)26-17(16)6-13-25-21;/h1-5,14H,6-13,22H2;1H. The fourth-order valence-electron chi connectivity index (χ4n) is 4.31. The van der Waals surface area contributed by atoms with Crippen molar-refractivity contribution in [2.45, 2.75) is 43.2 Å². The Kier molecular flexibility index (Phi) is 4.83. The fraction of sp³-hybridized carbons (Fsp3) is 0.476. The third-order valence-corrected chi connectivity index (χ3v) is 7.38. The van der Waals surface area contributed by atoms with Crippen molar-refractivity contribution in [1.82, 2.24) is 4.90 Å². The molecule has 0 radical (unpaired) electrons. The Balaban J connectivity index is 0.00000180. The molecule has 1 aromatic heterocycles. The number of carbonyl (C=O) groups excluding carboxylic acids is 1. The van der Waals surface area contributed by atoms with Crippen LogP contribution in [0.4, 0.5) is 0 Å². The maximum atomic E-state index is 12.6. The average Bonchev–Trinajstić information content (AvgIpc) is 3.27. The minimum absolute atomic E-state index is 0. The van der Waals surface area contributed by atoms with Crippen molar-refractivity contribution in [3.8, 4) is 10.4 Å². The van der Waals surface area contributed by atoms with E-state index in [9.17, 15) is 4.79 Å². The Morgan fingerprint density at radius 2 is 1.81 bits per heavy atom. The van der Waals surface area contributed by atoms with Crippen molar-refractivity contribution in [2.24, 2.45) is 5.73 Å². The lowest BCUT2D eigenvalue weighted by Crippen LogP contribution is -2.53. The molecule has 0 atom stereocenters. The molecule has 5 rings (SSSR count). The summed E-state index contributed by atoms with van der Waals surface area (Å²) in [5.74, 6) is 0.138. The van der Waals surface area contributed by atoms with Crippen LogP contribution in [0.1, 0.15) is 36.1 Å². The zero-order valence-corrected chi connectivity index (χ0v) is 16.9. The van der Waals surface area contributed by atoms with Crippen LogP contribution < -0.4 is 5.73 Å². The quantitative estimate of drug-likeness (QED) is 0.829. The van der Waals surface area contributed by atoms with Gasteiger partial charge in [-0.3, -0.25) is 4.79 Å². The summed E-state index contributed by atoms with van der Waals surface area (Å²) in [5.41, 5.74) is 7.95. The van der Waals surface area contributed by atoms with E-state index in [2.05, 4.69) is 36.4 Å². The van der Waals surface area contributed by atoms with Crippen LogP contribution in [0.5, 0.6) is 0 Å². The molecule has 2 N–H and O–H groups in total. The van der Waals surface area contributed by atoms with Gasteiger partial charge >= 0.3 is 0 Å². The number of ether oxygens (including phenoxy) is 1. The number of hydrogen-bond donors (Lipinski definition) is 1. The number of benzene rings is 1. The second-order valence-corrected chi connectivity index (χ2v) is 8.99.